The van der Waals surface area contributed by atoms with Crippen LogP contribution in [0.3, 0.4) is 0 Å². The highest BCUT2D eigenvalue weighted by molar-refractivity contribution is 7.08. The molecule has 8 heteroatoms. The first-order valence-corrected chi connectivity index (χ1v) is 12.3. The fraction of sp³-hybridized carbons (Fsp3) is 0.346. The Morgan fingerprint density at radius 3 is 2.71 bits per heavy atom. The molecule has 0 spiro atoms. The maximum Gasteiger partial charge on any atom is 0.271 e. The summed E-state index contributed by atoms with van der Waals surface area (Å²) in [6.07, 6.45) is 3.46. The lowest BCUT2D eigenvalue weighted by molar-refractivity contribution is 0.0933. The largest absolute Gasteiger partial charge is 0.496 e. The number of amides is 1. The van der Waals surface area contributed by atoms with Crippen LogP contribution in [0.4, 0.5) is 0 Å². The van der Waals surface area contributed by atoms with Gasteiger partial charge in [-0.3, -0.25) is 14.0 Å². The summed E-state index contributed by atoms with van der Waals surface area (Å²) < 4.78 is 9.67. The number of carbonyl (C=O) groups excluding carboxylic acids is 1. The summed E-state index contributed by atoms with van der Waals surface area (Å²) in [6.45, 7) is 6.91. The van der Waals surface area contributed by atoms with Crippen LogP contribution in [0.2, 0.25) is 0 Å². The Kier molecular flexibility index (Phi) is 5.56. The van der Waals surface area contributed by atoms with E-state index in [0.717, 1.165) is 52.6 Å². The van der Waals surface area contributed by atoms with Gasteiger partial charge < -0.3 is 10.1 Å². The Labute approximate surface area is 203 Å². The first-order valence-electron chi connectivity index (χ1n) is 11.4. The maximum absolute atomic E-state index is 13.2. The molecule has 0 atom stereocenters. The summed E-state index contributed by atoms with van der Waals surface area (Å²) in [4.78, 5) is 18.1. The average molecular weight is 476 g/mol. The van der Waals surface area contributed by atoms with E-state index in [1.54, 1.807) is 23.1 Å². The highest BCUT2D eigenvalue weighted by Gasteiger charge is 2.30. The smallest absolute Gasteiger partial charge is 0.271 e. The number of nitrogens with zero attached hydrogens (tertiary/aromatic N) is 4. The van der Waals surface area contributed by atoms with Gasteiger partial charge in [0, 0.05) is 36.3 Å². The SMILES string of the molecule is COc1cc2c(cc1-c1ccn(C)n1)-n1c(-c3ccsc3)nc(C(=O)NCC(C)(C)C)c1CC2. The van der Waals surface area contributed by atoms with Crippen molar-refractivity contribution in [3.05, 3.63) is 58.2 Å². The van der Waals surface area contributed by atoms with E-state index in [1.165, 1.54) is 5.56 Å². The predicted molar refractivity (Wildman–Crippen MR) is 135 cm³/mol. The average Bonchev–Trinajstić information content (AvgIpc) is 3.55. The first-order chi connectivity index (χ1) is 16.2. The molecule has 0 saturated carbocycles. The van der Waals surface area contributed by atoms with Crippen molar-refractivity contribution in [3.63, 3.8) is 0 Å². The molecular formula is C26H29N5O2S. The van der Waals surface area contributed by atoms with Crippen LogP contribution in [-0.4, -0.2) is 38.9 Å². The number of aryl methyl sites for hydroxylation is 2. The van der Waals surface area contributed by atoms with E-state index in [9.17, 15) is 4.79 Å². The molecule has 4 heterocycles. The molecule has 0 aliphatic carbocycles. The van der Waals surface area contributed by atoms with Crippen LogP contribution < -0.4 is 10.1 Å². The fourth-order valence-electron chi connectivity index (χ4n) is 4.34. The monoisotopic (exact) mass is 475 g/mol. The molecule has 0 bridgehead atoms. The standard InChI is InChI=1S/C26H29N5O2S/c1-26(2,3)15-27-25(32)23-20-7-6-16-12-22(33-5)18(19-8-10-30(4)29-19)13-21(16)31(20)24(28-23)17-9-11-34-14-17/h8-14H,6-7,15H2,1-5H3,(H,27,32). The van der Waals surface area contributed by atoms with Gasteiger partial charge in [-0.25, -0.2) is 4.98 Å². The van der Waals surface area contributed by atoms with E-state index in [4.69, 9.17) is 9.72 Å². The third-order valence-electron chi connectivity index (χ3n) is 6.01. The Hall–Kier alpha value is -3.39. The van der Waals surface area contributed by atoms with Crippen molar-refractivity contribution >= 4 is 17.2 Å². The Morgan fingerprint density at radius 1 is 1.24 bits per heavy atom. The van der Waals surface area contributed by atoms with Gasteiger partial charge in [0.1, 0.15) is 17.3 Å². The second-order valence-electron chi connectivity index (χ2n) is 9.88. The third kappa shape index (κ3) is 4.03. The first kappa shape index (κ1) is 22.4. The van der Waals surface area contributed by atoms with Crippen molar-refractivity contribution in [2.45, 2.75) is 33.6 Å². The Balaban J connectivity index is 1.68. The number of rotatable bonds is 5. The van der Waals surface area contributed by atoms with Gasteiger partial charge in [-0.05, 0) is 53.5 Å². The van der Waals surface area contributed by atoms with E-state index in [0.29, 0.717) is 12.2 Å². The topological polar surface area (TPSA) is 74.0 Å². The highest BCUT2D eigenvalue weighted by atomic mass is 32.1. The molecular weight excluding hydrogens is 446 g/mol. The van der Waals surface area contributed by atoms with Crippen molar-refractivity contribution in [2.75, 3.05) is 13.7 Å². The summed E-state index contributed by atoms with van der Waals surface area (Å²) in [5.41, 5.74) is 6.39. The zero-order chi connectivity index (χ0) is 24.0. The maximum atomic E-state index is 13.2. The number of ether oxygens (including phenoxy) is 1. The van der Waals surface area contributed by atoms with Crippen molar-refractivity contribution < 1.29 is 9.53 Å². The van der Waals surface area contributed by atoms with Crippen LogP contribution in [-0.2, 0) is 19.9 Å². The van der Waals surface area contributed by atoms with Crippen LogP contribution in [0.15, 0.2) is 41.2 Å². The van der Waals surface area contributed by atoms with Gasteiger partial charge in [0.25, 0.3) is 5.91 Å². The summed E-state index contributed by atoms with van der Waals surface area (Å²) in [7, 11) is 3.59. The van der Waals surface area contributed by atoms with E-state index < -0.39 is 0 Å². The molecule has 1 aromatic carbocycles. The lowest BCUT2D eigenvalue weighted by atomic mass is 9.96. The van der Waals surface area contributed by atoms with Gasteiger partial charge >= 0.3 is 0 Å². The van der Waals surface area contributed by atoms with Crippen LogP contribution in [0.5, 0.6) is 5.75 Å². The van der Waals surface area contributed by atoms with Gasteiger partial charge in [-0.15, -0.1) is 0 Å². The van der Waals surface area contributed by atoms with E-state index in [1.807, 2.05) is 24.7 Å². The van der Waals surface area contributed by atoms with E-state index >= 15 is 0 Å². The molecule has 7 nitrogen and oxygen atoms in total. The zero-order valence-corrected chi connectivity index (χ0v) is 21.0. The van der Waals surface area contributed by atoms with Gasteiger partial charge in [0.15, 0.2) is 0 Å². The zero-order valence-electron chi connectivity index (χ0n) is 20.2. The number of fused-ring (bicyclic) bond motifs is 3. The van der Waals surface area contributed by atoms with Gasteiger partial charge in [-0.1, -0.05) is 20.8 Å². The van der Waals surface area contributed by atoms with Crippen LogP contribution >= 0.6 is 11.3 Å². The molecule has 5 rings (SSSR count). The van der Waals surface area contributed by atoms with Gasteiger partial charge in [0.05, 0.1) is 24.2 Å². The molecule has 0 fully saturated rings. The van der Waals surface area contributed by atoms with Gasteiger partial charge in [0.2, 0.25) is 0 Å². The number of aromatic nitrogens is 4. The molecule has 3 aromatic heterocycles. The van der Waals surface area contributed by atoms with Crippen molar-refractivity contribution in [1.29, 1.82) is 0 Å². The van der Waals surface area contributed by atoms with E-state index in [2.05, 4.69) is 59.3 Å². The van der Waals surface area contributed by atoms with Gasteiger partial charge in [-0.2, -0.15) is 16.4 Å². The van der Waals surface area contributed by atoms with Crippen molar-refractivity contribution in [1.82, 2.24) is 24.6 Å². The number of thiophene rings is 1. The summed E-state index contributed by atoms with van der Waals surface area (Å²) in [5, 5.41) is 11.8. The Morgan fingerprint density at radius 2 is 2.06 bits per heavy atom. The molecule has 1 aliphatic heterocycles. The molecule has 1 N–H and O–H groups in total. The number of carbonyl (C=O) groups is 1. The lowest BCUT2D eigenvalue weighted by Crippen LogP contribution is -2.33. The molecule has 0 unspecified atom stereocenters. The number of nitrogens with one attached hydrogen (secondary N) is 1. The second-order valence-corrected chi connectivity index (χ2v) is 10.7. The summed E-state index contributed by atoms with van der Waals surface area (Å²) in [5.74, 6) is 1.46. The molecule has 1 aliphatic rings. The molecule has 34 heavy (non-hydrogen) atoms. The van der Waals surface area contributed by atoms with Crippen molar-refractivity contribution in [2.24, 2.45) is 12.5 Å². The minimum Gasteiger partial charge on any atom is -0.496 e. The molecule has 176 valence electrons. The van der Waals surface area contributed by atoms with Crippen LogP contribution in [0, 0.1) is 5.41 Å². The number of benzene rings is 1. The fourth-order valence-corrected chi connectivity index (χ4v) is 4.97. The molecule has 0 radical (unpaired) electrons. The summed E-state index contributed by atoms with van der Waals surface area (Å²) >= 11 is 1.62. The van der Waals surface area contributed by atoms with E-state index in [-0.39, 0.29) is 11.3 Å². The van der Waals surface area contributed by atoms with Crippen LogP contribution in [0.1, 0.15) is 42.5 Å². The predicted octanol–water partition coefficient (Wildman–Crippen LogP) is 4.88. The third-order valence-corrected chi connectivity index (χ3v) is 6.69. The number of hydrogen-bond donors (Lipinski definition) is 1. The minimum atomic E-state index is -0.123. The quantitative estimate of drug-likeness (QED) is 0.446. The second kappa shape index (κ2) is 8.43. The highest BCUT2D eigenvalue weighted by Crippen LogP contribution is 2.39. The number of hydrogen-bond acceptors (Lipinski definition) is 5. The molecule has 1 amide bonds. The normalized spacial score (nSPS) is 12.9. The Bertz CT molecular complexity index is 1360. The number of imidazole rings is 1. The van der Waals surface area contributed by atoms with Crippen LogP contribution in [0.25, 0.3) is 28.3 Å². The van der Waals surface area contributed by atoms with Crippen molar-refractivity contribution in [3.8, 4) is 34.1 Å². The molecule has 0 saturated heterocycles. The lowest BCUT2D eigenvalue weighted by Gasteiger charge is -2.23. The minimum absolute atomic E-state index is 0.00756. The summed E-state index contributed by atoms with van der Waals surface area (Å²) in [6, 6.07) is 8.24. The number of methoxy groups -OCH3 is 1. The molecule has 4 aromatic rings.